The van der Waals surface area contributed by atoms with Crippen molar-refractivity contribution in [1.82, 2.24) is 9.97 Å². The molecule has 0 aliphatic carbocycles. The van der Waals surface area contributed by atoms with Gasteiger partial charge in [0.2, 0.25) is 5.95 Å². The monoisotopic (exact) mass is 428 g/mol. The maximum absolute atomic E-state index is 13.5. The van der Waals surface area contributed by atoms with Crippen LogP contribution in [0.2, 0.25) is 0 Å². The molecule has 0 atom stereocenters. The summed E-state index contributed by atoms with van der Waals surface area (Å²) in [6.07, 6.45) is 1.60. The molecule has 0 amide bonds. The molecule has 0 aliphatic heterocycles. The smallest absolute Gasteiger partial charge is 0.340 e. The van der Waals surface area contributed by atoms with Crippen molar-refractivity contribution in [1.29, 1.82) is 0 Å². The van der Waals surface area contributed by atoms with Crippen LogP contribution in [0.1, 0.15) is 49.8 Å². The molecule has 3 aromatic rings. The fraction of sp³-hybridized carbons (Fsp3) is 0.333. The first-order valence-electron chi connectivity index (χ1n) is 10.5. The van der Waals surface area contributed by atoms with Crippen LogP contribution in [-0.2, 0) is 19.0 Å². The Labute approximate surface area is 181 Å². The quantitative estimate of drug-likeness (QED) is 0.352. The van der Waals surface area contributed by atoms with E-state index in [0.717, 1.165) is 36.7 Å². The van der Waals surface area contributed by atoms with Gasteiger partial charge in [0.25, 0.3) is 0 Å². The average molecular weight is 429 g/mol. The molecule has 2 aromatic carbocycles. The Morgan fingerprint density at radius 2 is 1.42 bits per heavy atom. The zero-order valence-electron chi connectivity index (χ0n) is 17.8. The van der Waals surface area contributed by atoms with E-state index >= 15 is 0 Å². The number of rotatable bonds is 9. The highest BCUT2D eigenvalue weighted by Gasteiger charge is 2.35. The van der Waals surface area contributed by atoms with Crippen molar-refractivity contribution in [3.8, 4) is 0 Å². The summed E-state index contributed by atoms with van der Waals surface area (Å²) in [6.45, 7) is 4.19. The van der Waals surface area contributed by atoms with Crippen LogP contribution in [0.25, 0.3) is 0 Å². The van der Waals surface area contributed by atoms with Gasteiger partial charge in [0.05, 0.1) is 0 Å². The topological polar surface area (TPSA) is 49.8 Å². The molecule has 0 spiro atoms. The van der Waals surface area contributed by atoms with E-state index in [-0.39, 0.29) is 11.8 Å². The molecule has 0 unspecified atom stereocenters. The molecule has 1 heterocycles. The molecule has 2 N–H and O–H groups in total. The van der Waals surface area contributed by atoms with Crippen LogP contribution >= 0.6 is 0 Å². The maximum Gasteiger partial charge on any atom is 0.421 e. The van der Waals surface area contributed by atoms with E-state index in [2.05, 4.69) is 27.5 Å². The van der Waals surface area contributed by atoms with Crippen molar-refractivity contribution in [3.63, 3.8) is 0 Å². The number of unbranched alkanes of at least 4 members (excludes halogenated alkanes) is 2. The van der Waals surface area contributed by atoms with Gasteiger partial charge in [0.15, 0.2) is 0 Å². The number of alkyl halides is 3. The number of nitrogens with zero attached hydrogens (tertiary/aromatic N) is 2. The fourth-order valence-electron chi connectivity index (χ4n) is 3.17. The third kappa shape index (κ3) is 6.44. The molecule has 0 fully saturated rings. The van der Waals surface area contributed by atoms with Gasteiger partial charge < -0.3 is 10.6 Å². The van der Waals surface area contributed by atoms with Crippen LogP contribution in [-0.4, -0.2) is 9.97 Å². The Morgan fingerprint density at radius 1 is 0.806 bits per heavy atom. The van der Waals surface area contributed by atoms with Crippen LogP contribution in [0.4, 0.5) is 36.3 Å². The van der Waals surface area contributed by atoms with E-state index in [1.807, 2.05) is 43.3 Å². The summed E-state index contributed by atoms with van der Waals surface area (Å²) in [7, 11) is 0. The SMILES string of the molecule is CCCCCc1ccc(Nc2ncc(C(F)(F)F)c(Nc3ccc(CC)cc3)n2)cc1. The molecule has 164 valence electrons. The summed E-state index contributed by atoms with van der Waals surface area (Å²) in [5.41, 5.74) is 2.67. The van der Waals surface area contributed by atoms with E-state index in [4.69, 9.17) is 0 Å². The van der Waals surface area contributed by atoms with E-state index in [1.54, 1.807) is 12.1 Å². The van der Waals surface area contributed by atoms with Gasteiger partial charge in [-0.1, -0.05) is 51.0 Å². The number of halogens is 3. The molecular formula is C24H27F3N4. The first-order chi connectivity index (χ1) is 14.9. The summed E-state index contributed by atoms with van der Waals surface area (Å²) < 4.78 is 40.4. The average Bonchev–Trinajstić information content (AvgIpc) is 2.75. The number of hydrogen-bond acceptors (Lipinski definition) is 4. The van der Waals surface area contributed by atoms with E-state index in [1.165, 1.54) is 18.4 Å². The Kier molecular flexibility index (Phi) is 7.50. The first-order valence-corrected chi connectivity index (χ1v) is 10.5. The van der Waals surface area contributed by atoms with Gasteiger partial charge in [-0.2, -0.15) is 18.2 Å². The molecular weight excluding hydrogens is 401 g/mol. The predicted molar refractivity (Wildman–Crippen MR) is 119 cm³/mol. The Hall–Kier alpha value is -3.09. The summed E-state index contributed by atoms with van der Waals surface area (Å²) >= 11 is 0. The molecule has 0 saturated heterocycles. The standard InChI is InChI=1S/C24H27F3N4/c1-3-5-6-7-18-10-14-20(15-11-18)30-23-28-16-21(24(25,26)27)22(31-23)29-19-12-8-17(4-2)9-13-19/h8-16H,3-7H2,1-2H3,(H2,28,29,30,31). The van der Waals surface area contributed by atoms with Crippen LogP contribution in [0.15, 0.2) is 54.7 Å². The van der Waals surface area contributed by atoms with Crippen LogP contribution in [0.3, 0.4) is 0 Å². The molecule has 0 saturated carbocycles. The lowest BCUT2D eigenvalue weighted by Crippen LogP contribution is -2.12. The van der Waals surface area contributed by atoms with Crippen molar-refractivity contribution < 1.29 is 13.2 Å². The molecule has 0 bridgehead atoms. The van der Waals surface area contributed by atoms with Gasteiger partial charge in [-0.15, -0.1) is 0 Å². The normalized spacial score (nSPS) is 11.4. The van der Waals surface area contributed by atoms with E-state index in [0.29, 0.717) is 5.69 Å². The van der Waals surface area contributed by atoms with Crippen LogP contribution < -0.4 is 10.6 Å². The highest BCUT2D eigenvalue weighted by molar-refractivity contribution is 5.63. The lowest BCUT2D eigenvalue weighted by Gasteiger charge is -2.15. The highest BCUT2D eigenvalue weighted by atomic mass is 19.4. The lowest BCUT2D eigenvalue weighted by molar-refractivity contribution is -0.137. The second-order valence-electron chi connectivity index (χ2n) is 7.41. The molecule has 4 nitrogen and oxygen atoms in total. The number of anilines is 4. The second kappa shape index (κ2) is 10.3. The molecule has 0 radical (unpaired) electrons. The molecule has 7 heteroatoms. The van der Waals surface area contributed by atoms with E-state index < -0.39 is 11.7 Å². The number of hydrogen-bond donors (Lipinski definition) is 2. The van der Waals surface area contributed by atoms with Crippen molar-refractivity contribution in [2.24, 2.45) is 0 Å². The second-order valence-corrected chi connectivity index (χ2v) is 7.41. The minimum absolute atomic E-state index is 0.0967. The van der Waals surface area contributed by atoms with Gasteiger partial charge >= 0.3 is 6.18 Å². The largest absolute Gasteiger partial charge is 0.421 e. The van der Waals surface area contributed by atoms with Gasteiger partial charge in [0.1, 0.15) is 11.4 Å². The number of nitrogens with one attached hydrogen (secondary N) is 2. The van der Waals surface area contributed by atoms with Crippen LogP contribution in [0, 0.1) is 0 Å². The maximum atomic E-state index is 13.5. The zero-order valence-corrected chi connectivity index (χ0v) is 17.8. The molecule has 0 aliphatic rings. The Morgan fingerprint density at radius 3 is 2.00 bits per heavy atom. The predicted octanol–water partition coefficient (Wildman–Crippen LogP) is 7.28. The Bertz CT molecular complexity index is 968. The molecule has 1 aromatic heterocycles. The van der Waals surface area contributed by atoms with Crippen molar-refractivity contribution in [3.05, 3.63) is 71.4 Å². The summed E-state index contributed by atoms with van der Waals surface area (Å²) in [5, 5.41) is 5.78. The third-order valence-corrected chi connectivity index (χ3v) is 5.00. The highest BCUT2D eigenvalue weighted by Crippen LogP contribution is 2.35. The summed E-state index contributed by atoms with van der Waals surface area (Å²) in [6, 6.07) is 15.0. The van der Waals surface area contributed by atoms with Crippen molar-refractivity contribution in [2.75, 3.05) is 10.6 Å². The lowest BCUT2D eigenvalue weighted by atomic mass is 10.1. The van der Waals surface area contributed by atoms with Gasteiger partial charge in [0, 0.05) is 17.6 Å². The minimum Gasteiger partial charge on any atom is -0.340 e. The first kappa shape index (κ1) is 22.6. The fourth-order valence-corrected chi connectivity index (χ4v) is 3.17. The van der Waals surface area contributed by atoms with E-state index in [9.17, 15) is 13.2 Å². The number of aromatic nitrogens is 2. The Balaban J connectivity index is 1.79. The van der Waals surface area contributed by atoms with Gasteiger partial charge in [-0.25, -0.2) is 4.98 Å². The summed E-state index contributed by atoms with van der Waals surface area (Å²) in [5.74, 6) is -0.190. The van der Waals surface area contributed by atoms with Gasteiger partial charge in [-0.05, 0) is 54.7 Å². The number of benzene rings is 2. The van der Waals surface area contributed by atoms with Gasteiger partial charge in [-0.3, -0.25) is 0 Å². The molecule has 31 heavy (non-hydrogen) atoms. The molecule has 3 rings (SSSR count). The minimum atomic E-state index is -4.57. The van der Waals surface area contributed by atoms with Crippen LogP contribution in [0.5, 0.6) is 0 Å². The third-order valence-electron chi connectivity index (χ3n) is 5.00. The number of aryl methyl sites for hydroxylation is 2. The zero-order chi connectivity index (χ0) is 22.3. The summed E-state index contributed by atoms with van der Waals surface area (Å²) in [4.78, 5) is 7.97. The van der Waals surface area contributed by atoms with Crippen molar-refractivity contribution >= 4 is 23.1 Å². The van der Waals surface area contributed by atoms with Crippen molar-refractivity contribution in [2.45, 2.75) is 52.1 Å².